The van der Waals surface area contributed by atoms with Gasteiger partial charge in [0.1, 0.15) is 0 Å². The van der Waals surface area contributed by atoms with Crippen molar-refractivity contribution in [3.8, 4) is 0 Å². The largest absolute Gasteiger partial charge is 0.464 e. The van der Waals surface area contributed by atoms with Crippen LogP contribution in [0.3, 0.4) is 0 Å². The highest BCUT2D eigenvalue weighted by Gasteiger charge is 2.44. The quantitative estimate of drug-likeness (QED) is 0.577. The normalized spacial score (nSPS) is 21.6. The molecule has 1 rings (SSSR count). The monoisotopic (exact) mass is 340 g/mol. The zero-order valence-electron chi connectivity index (χ0n) is 15.1. The van der Waals surface area contributed by atoms with Gasteiger partial charge in [0.2, 0.25) is 0 Å². The molecule has 22 heavy (non-hydrogen) atoms. The lowest BCUT2D eigenvalue weighted by Crippen LogP contribution is -2.42. The van der Waals surface area contributed by atoms with Crippen molar-refractivity contribution in [2.75, 3.05) is 13.2 Å². The van der Waals surface area contributed by atoms with Gasteiger partial charge in [-0.15, -0.1) is 0 Å². The highest BCUT2D eigenvalue weighted by Crippen LogP contribution is 2.31. The third kappa shape index (κ3) is 8.33. The average Bonchev–Trinajstić information content (AvgIpc) is 2.82. The van der Waals surface area contributed by atoms with Crippen molar-refractivity contribution < 1.29 is 27.7 Å². The molecule has 2 atom stereocenters. The summed E-state index contributed by atoms with van der Waals surface area (Å²) in [6.07, 6.45) is -0.0235. The molecule has 1 fully saturated rings. The SMILES string of the molecule is CC.CC.CCOC(=O)[C@](C)(C[C@H]1COC(C)(C)O1)OSO. The number of rotatable bonds is 6. The molecule has 1 aliphatic heterocycles. The molecule has 134 valence electrons. The van der Waals surface area contributed by atoms with Gasteiger partial charge < -0.3 is 18.8 Å². The zero-order chi connectivity index (χ0) is 17.8. The third-order valence-electron chi connectivity index (χ3n) is 2.61. The molecule has 0 spiro atoms. The van der Waals surface area contributed by atoms with Crippen LogP contribution in [0.15, 0.2) is 0 Å². The molecule has 1 aliphatic rings. The van der Waals surface area contributed by atoms with Gasteiger partial charge in [-0.1, -0.05) is 27.7 Å². The first kappa shape index (κ1) is 23.9. The second-order valence-electron chi connectivity index (χ2n) is 4.76. The van der Waals surface area contributed by atoms with Crippen LogP contribution in [0.25, 0.3) is 0 Å². The minimum atomic E-state index is -1.26. The van der Waals surface area contributed by atoms with Gasteiger partial charge in [-0.2, -0.15) is 0 Å². The van der Waals surface area contributed by atoms with E-state index in [1.807, 2.05) is 27.7 Å². The van der Waals surface area contributed by atoms with Crippen LogP contribution in [0.4, 0.5) is 0 Å². The van der Waals surface area contributed by atoms with Crippen molar-refractivity contribution in [3.05, 3.63) is 0 Å². The van der Waals surface area contributed by atoms with E-state index in [0.717, 1.165) is 0 Å². The van der Waals surface area contributed by atoms with E-state index >= 15 is 0 Å². The first-order valence-electron chi connectivity index (χ1n) is 7.81. The molecule has 1 heterocycles. The molecule has 1 N–H and O–H groups in total. The van der Waals surface area contributed by atoms with Gasteiger partial charge in [0.15, 0.2) is 23.7 Å². The highest BCUT2D eigenvalue weighted by molar-refractivity contribution is 7.88. The lowest BCUT2D eigenvalue weighted by molar-refractivity contribution is -0.167. The van der Waals surface area contributed by atoms with Crippen LogP contribution in [0.2, 0.25) is 0 Å². The molecular weight excluding hydrogens is 308 g/mol. The summed E-state index contributed by atoms with van der Waals surface area (Å²) in [6, 6.07) is 0. The summed E-state index contributed by atoms with van der Waals surface area (Å²) >= 11 is 0.149. The van der Waals surface area contributed by atoms with E-state index in [4.69, 9.17) is 22.9 Å². The maximum absolute atomic E-state index is 11.8. The van der Waals surface area contributed by atoms with Crippen molar-refractivity contribution in [3.63, 3.8) is 0 Å². The highest BCUT2D eigenvalue weighted by atomic mass is 32.2. The van der Waals surface area contributed by atoms with E-state index in [0.29, 0.717) is 6.61 Å². The topological polar surface area (TPSA) is 74.2 Å². The van der Waals surface area contributed by atoms with Crippen molar-refractivity contribution in [2.24, 2.45) is 0 Å². The second-order valence-corrected chi connectivity index (χ2v) is 5.08. The molecule has 7 heteroatoms. The number of esters is 1. The lowest BCUT2D eigenvalue weighted by atomic mass is 9.99. The van der Waals surface area contributed by atoms with E-state index < -0.39 is 17.4 Å². The predicted octanol–water partition coefficient (Wildman–Crippen LogP) is 4.04. The van der Waals surface area contributed by atoms with E-state index in [1.54, 1.807) is 27.7 Å². The minimum Gasteiger partial charge on any atom is -0.464 e. The molecule has 0 unspecified atom stereocenters. The van der Waals surface area contributed by atoms with Gasteiger partial charge in [-0.25, -0.2) is 4.79 Å². The standard InChI is InChI=1S/C11H20O6S.2C2H6/c1-5-14-9(12)11(4,17-18-13)6-8-7-15-10(2,3)16-8;2*1-2/h8,13H,5-7H2,1-4H3;2*1-2H3/t8-,11-;;/m0../s1. The summed E-state index contributed by atoms with van der Waals surface area (Å²) in [7, 11) is 0. The number of carbonyl (C=O) groups is 1. The molecular formula is C15H32O6S. The Morgan fingerprint density at radius 3 is 2.27 bits per heavy atom. The van der Waals surface area contributed by atoms with Gasteiger partial charge in [-0.3, -0.25) is 4.18 Å². The molecule has 0 aliphatic carbocycles. The number of carbonyl (C=O) groups excluding carboxylic acids is 1. The zero-order valence-corrected chi connectivity index (χ0v) is 15.9. The maximum Gasteiger partial charge on any atom is 0.339 e. The van der Waals surface area contributed by atoms with E-state index in [2.05, 4.69) is 0 Å². The van der Waals surface area contributed by atoms with Crippen molar-refractivity contribution in [1.29, 1.82) is 0 Å². The number of hydrogen-bond donors (Lipinski definition) is 1. The summed E-state index contributed by atoms with van der Waals surface area (Å²) in [5.41, 5.74) is -1.26. The molecule has 0 amide bonds. The third-order valence-corrected chi connectivity index (χ3v) is 3.06. The molecule has 0 bridgehead atoms. The van der Waals surface area contributed by atoms with Crippen LogP contribution in [-0.4, -0.2) is 41.2 Å². The van der Waals surface area contributed by atoms with E-state index in [9.17, 15) is 4.79 Å². The fourth-order valence-electron chi connectivity index (χ4n) is 1.82. The fourth-order valence-corrected chi connectivity index (χ4v) is 2.12. The van der Waals surface area contributed by atoms with Crippen LogP contribution in [-0.2, 0) is 23.2 Å². The summed E-state index contributed by atoms with van der Waals surface area (Å²) < 4.78 is 29.8. The Bertz CT molecular complexity index is 298. The molecule has 0 saturated carbocycles. The van der Waals surface area contributed by atoms with Crippen LogP contribution in [0.1, 0.15) is 61.8 Å². The molecule has 0 aromatic carbocycles. The molecule has 1 saturated heterocycles. The maximum atomic E-state index is 11.8. The fraction of sp³-hybridized carbons (Fsp3) is 0.933. The Morgan fingerprint density at radius 1 is 1.36 bits per heavy atom. The van der Waals surface area contributed by atoms with Crippen LogP contribution in [0.5, 0.6) is 0 Å². The van der Waals surface area contributed by atoms with Gasteiger partial charge in [-0.05, 0) is 27.7 Å². The summed E-state index contributed by atoms with van der Waals surface area (Å²) in [5.74, 6) is -1.19. The molecule has 0 aromatic heterocycles. The van der Waals surface area contributed by atoms with E-state index in [-0.39, 0.29) is 31.5 Å². The van der Waals surface area contributed by atoms with Crippen LogP contribution in [0, 0.1) is 0 Å². The molecule has 0 aromatic rings. The lowest BCUT2D eigenvalue weighted by Gasteiger charge is -2.27. The minimum absolute atomic E-state index is 0.149. The number of ether oxygens (including phenoxy) is 3. The van der Waals surface area contributed by atoms with Crippen molar-refractivity contribution in [2.45, 2.75) is 79.3 Å². The number of hydrogen-bond acceptors (Lipinski definition) is 7. The predicted molar refractivity (Wildman–Crippen MR) is 88.6 cm³/mol. The Morgan fingerprint density at radius 2 is 1.91 bits per heavy atom. The summed E-state index contributed by atoms with van der Waals surface area (Å²) in [4.78, 5) is 11.8. The second kappa shape index (κ2) is 12.1. The Hall–Kier alpha value is -0.340. The Balaban J connectivity index is 0. The van der Waals surface area contributed by atoms with Gasteiger partial charge in [0.05, 0.1) is 19.3 Å². The summed E-state index contributed by atoms with van der Waals surface area (Å²) in [5, 5.41) is 0. The van der Waals surface area contributed by atoms with E-state index in [1.165, 1.54) is 0 Å². The van der Waals surface area contributed by atoms with Gasteiger partial charge in [0.25, 0.3) is 0 Å². The Kier molecular flexibility index (Phi) is 13.2. The average molecular weight is 340 g/mol. The van der Waals surface area contributed by atoms with Crippen molar-refractivity contribution in [1.82, 2.24) is 0 Å². The van der Waals surface area contributed by atoms with Crippen LogP contribution < -0.4 is 0 Å². The molecule has 6 nitrogen and oxygen atoms in total. The smallest absolute Gasteiger partial charge is 0.339 e. The van der Waals surface area contributed by atoms with Crippen molar-refractivity contribution >= 4 is 18.3 Å². The van der Waals surface area contributed by atoms with Crippen LogP contribution >= 0.6 is 12.3 Å². The molecule has 0 radical (unpaired) electrons. The first-order valence-corrected chi connectivity index (χ1v) is 8.51. The first-order chi connectivity index (χ1) is 10.3. The van der Waals surface area contributed by atoms with Gasteiger partial charge in [0, 0.05) is 6.42 Å². The Labute approximate surface area is 139 Å². The summed E-state index contributed by atoms with van der Waals surface area (Å²) in [6.45, 7) is 15.5. The van der Waals surface area contributed by atoms with Gasteiger partial charge >= 0.3 is 5.97 Å².